The van der Waals surface area contributed by atoms with Crippen LogP contribution < -0.4 is 0 Å². The van der Waals surface area contributed by atoms with Crippen LogP contribution in [0.1, 0.15) is 34.1 Å². The number of esters is 2. The predicted octanol–water partition coefficient (Wildman–Crippen LogP) is 4.49. The Morgan fingerprint density at radius 1 is 1.04 bits per heavy atom. The molecular formula is C20H18Cl2O6. The van der Waals surface area contributed by atoms with Crippen molar-refractivity contribution in [2.75, 3.05) is 6.61 Å². The van der Waals surface area contributed by atoms with Crippen molar-refractivity contribution in [3.63, 3.8) is 0 Å². The van der Waals surface area contributed by atoms with E-state index in [9.17, 15) is 14.4 Å². The quantitative estimate of drug-likeness (QED) is 0.727. The highest BCUT2D eigenvalue weighted by Gasteiger charge is 2.31. The summed E-state index contributed by atoms with van der Waals surface area (Å²) in [5.41, 5.74) is 0.682. The SMILES string of the molecule is CC1CC(COC(=O)c2ccc(Cl)cc2)OC1=O.O=C(O)c1ccc(Cl)cc1. The van der Waals surface area contributed by atoms with Gasteiger partial charge in [0, 0.05) is 16.5 Å². The smallest absolute Gasteiger partial charge is 0.338 e. The van der Waals surface area contributed by atoms with Crippen molar-refractivity contribution in [2.45, 2.75) is 19.4 Å². The van der Waals surface area contributed by atoms with Crippen molar-refractivity contribution in [3.05, 3.63) is 69.7 Å². The van der Waals surface area contributed by atoms with Crippen LogP contribution >= 0.6 is 23.2 Å². The van der Waals surface area contributed by atoms with E-state index in [0.29, 0.717) is 22.0 Å². The number of carboxylic acids is 1. The van der Waals surface area contributed by atoms with Gasteiger partial charge in [0.1, 0.15) is 12.7 Å². The lowest BCUT2D eigenvalue weighted by molar-refractivity contribution is -0.145. The van der Waals surface area contributed by atoms with Gasteiger partial charge in [0.15, 0.2) is 0 Å². The van der Waals surface area contributed by atoms with E-state index in [1.807, 2.05) is 0 Å². The Kier molecular flexibility index (Phi) is 7.84. The molecule has 8 heteroatoms. The molecule has 1 aliphatic rings. The van der Waals surface area contributed by atoms with Crippen molar-refractivity contribution in [1.29, 1.82) is 0 Å². The molecule has 2 aromatic rings. The van der Waals surface area contributed by atoms with Crippen LogP contribution in [-0.4, -0.2) is 35.7 Å². The number of halogens is 2. The first-order valence-electron chi connectivity index (χ1n) is 8.38. The van der Waals surface area contributed by atoms with Gasteiger partial charge in [0.25, 0.3) is 0 Å². The number of carboxylic acid groups (broad SMARTS) is 1. The third kappa shape index (κ3) is 6.55. The van der Waals surface area contributed by atoms with Gasteiger partial charge in [-0.25, -0.2) is 9.59 Å². The van der Waals surface area contributed by atoms with Crippen molar-refractivity contribution in [1.82, 2.24) is 0 Å². The molecule has 6 nitrogen and oxygen atoms in total. The first-order valence-corrected chi connectivity index (χ1v) is 9.14. The zero-order chi connectivity index (χ0) is 20.7. The predicted molar refractivity (Wildman–Crippen MR) is 104 cm³/mol. The number of benzene rings is 2. The average molecular weight is 425 g/mol. The standard InChI is InChI=1S/C13H13ClO4.C7H5ClO2/c1-8-6-11(18-12(8)15)7-17-13(16)9-2-4-10(14)5-3-9;8-6-3-1-5(2-4-6)7(9)10/h2-5,8,11H,6-7H2,1H3;1-4H,(H,9,10). The summed E-state index contributed by atoms with van der Waals surface area (Å²) in [7, 11) is 0. The molecule has 28 heavy (non-hydrogen) atoms. The third-order valence-electron chi connectivity index (χ3n) is 3.87. The maximum atomic E-state index is 11.7. The van der Waals surface area contributed by atoms with Crippen LogP contribution in [0.2, 0.25) is 10.0 Å². The average Bonchev–Trinajstić information content (AvgIpc) is 2.99. The van der Waals surface area contributed by atoms with Gasteiger partial charge in [-0.15, -0.1) is 0 Å². The van der Waals surface area contributed by atoms with Crippen LogP contribution in [-0.2, 0) is 14.3 Å². The molecule has 0 saturated carbocycles. The molecule has 148 valence electrons. The summed E-state index contributed by atoms with van der Waals surface area (Å²) in [6.45, 7) is 1.89. The van der Waals surface area contributed by atoms with E-state index >= 15 is 0 Å². The Morgan fingerprint density at radius 3 is 1.96 bits per heavy atom. The molecule has 0 aliphatic carbocycles. The van der Waals surface area contributed by atoms with Crippen LogP contribution in [0.3, 0.4) is 0 Å². The Morgan fingerprint density at radius 2 is 1.54 bits per heavy atom. The van der Waals surface area contributed by atoms with E-state index < -0.39 is 11.9 Å². The molecule has 3 rings (SSSR count). The summed E-state index contributed by atoms with van der Waals surface area (Å²) in [6, 6.07) is 12.4. The first-order chi connectivity index (χ1) is 13.3. The van der Waals surface area contributed by atoms with Gasteiger partial charge < -0.3 is 14.6 Å². The van der Waals surface area contributed by atoms with Crippen LogP contribution in [0.5, 0.6) is 0 Å². The van der Waals surface area contributed by atoms with Gasteiger partial charge in [-0.05, 0) is 48.5 Å². The highest BCUT2D eigenvalue weighted by atomic mass is 35.5. The number of aromatic carboxylic acids is 1. The van der Waals surface area contributed by atoms with Crippen molar-refractivity contribution >= 4 is 41.1 Å². The van der Waals surface area contributed by atoms with Crippen molar-refractivity contribution < 1.29 is 29.0 Å². The lowest BCUT2D eigenvalue weighted by Crippen LogP contribution is -2.18. The maximum absolute atomic E-state index is 11.7. The molecule has 1 fully saturated rings. The molecule has 0 radical (unpaired) electrons. The van der Waals surface area contributed by atoms with Crippen LogP contribution in [0, 0.1) is 5.92 Å². The Hall–Kier alpha value is -2.57. The van der Waals surface area contributed by atoms with E-state index in [2.05, 4.69) is 0 Å². The van der Waals surface area contributed by atoms with Crippen LogP contribution in [0.15, 0.2) is 48.5 Å². The zero-order valence-electron chi connectivity index (χ0n) is 14.9. The minimum Gasteiger partial charge on any atom is -0.478 e. The number of hydrogen-bond acceptors (Lipinski definition) is 5. The Bertz CT molecular complexity index is 833. The van der Waals surface area contributed by atoms with Crippen LogP contribution in [0.25, 0.3) is 0 Å². The van der Waals surface area contributed by atoms with Gasteiger partial charge in [-0.2, -0.15) is 0 Å². The Balaban J connectivity index is 0.000000237. The number of ether oxygens (including phenoxy) is 2. The van der Waals surface area contributed by atoms with Gasteiger partial charge in [0.05, 0.1) is 17.0 Å². The van der Waals surface area contributed by atoms with Crippen molar-refractivity contribution in [3.8, 4) is 0 Å². The number of carbonyl (C=O) groups is 3. The summed E-state index contributed by atoms with van der Waals surface area (Å²) < 4.78 is 10.1. The minimum absolute atomic E-state index is 0.0948. The lowest BCUT2D eigenvalue weighted by Gasteiger charge is -2.09. The summed E-state index contributed by atoms with van der Waals surface area (Å²) >= 11 is 11.2. The third-order valence-corrected chi connectivity index (χ3v) is 4.38. The number of rotatable bonds is 4. The lowest BCUT2D eigenvalue weighted by atomic mass is 10.1. The second-order valence-corrected chi connectivity index (χ2v) is 6.99. The molecule has 1 heterocycles. The number of cyclic esters (lactones) is 1. The second-order valence-electron chi connectivity index (χ2n) is 6.11. The number of carbonyl (C=O) groups excluding carboxylic acids is 2. The molecule has 0 spiro atoms. The van der Waals surface area contributed by atoms with E-state index in [4.69, 9.17) is 37.8 Å². The molecule has 1 N–H and O–H groups in total. The number of hydrogen-bond donors (Lipinski definition) is 1. The molecule has 0 amide bonds. The van der Waals surface area contributed by atoms with Gasteiger partial charge >= 0.3 is 17.9 Å². The fraction of sp³-hybridized carbons (Fsp3) is 0.250. The molecule has 0 bridgehead atoms. The van der Waals surface area contributed by atoms with E-state index in [1.165, 1.54) is 12.1 Å². The normalized spacial score (nSPS) is 17.9. The van der Waals surface area contributed by atoms with Crippen LogP contribution in [0.4, 0.5) is 0 Å². The minimum atomic E-state index is -0.934. The Labute approximate surface area is 172 Å². The second kappa shape index (κ2) is 10.1. The highest BCUT2D eigenvalue weighted by Crippen LogP contribution is 2.21. The van der Waals surface area contributed by atoms with Crippen molar-refractivity contribution in [2.24, 2.45) is 5.92 Å². The highest BCUT2D eigenvalue weighted by molar-refractivity contribution is 6.30. The molecular weight excluding hydrogens is 407 g/mol. The monoisotopic (exact) mass is 424 g/mol. The molecule has 1 saturated heterocycles. The molecule has 2 atom stereocenters. The largest absolute Gasteiger partial charge is 0.478 e. The van der Waals surface area contributed by atoms with Gasteiger partial charge in [-0.1, -0.05) is 30.1 Å². The molecule has 1 aliphatic heterocycles. The summed E-state index contributed by atoms with van der Waals surface area (Å²) in [5.74, 6) is -1.73. The maximum Gasteiger partial charge on any atom is 0.338 e. The molecule has 0 aromatic heterocycles. The van der Waals surface area contributed by atoms with Gasteiger partial charge in [0.2, 0.25) is 0 Å². The zero-order valence-corrected chi connectivity index (χ0v) is 16.4. The fourth-order valence-corrected chi connectivity index (χ4v) is 2.60. The van der Waals surface area contributed by atoms with E-state index in [1.54, 1.807) is 43.3 Å². The molecule has 2 aromatic carbocycles. The first kappa shape index (κ1) is 21.7. The summed E-state index contributed by atoms with van der Waals surface area (Å²) in [6.07, 6.45) is 0.260. The van der Waals surface area contributed by atoms with Gasteiger partial charge in [-0.3, -0.25) is 4.79 Å². The summed E-state index contributed by atoms with van der Waals surface area (Å²) in [4.78, 5) is 33.1. The van der Waals surface area contributed by atoms with E-state index in [0.717, 1.165) is 0 Å². The molecule has 2 unspecified atom stereocenters. The van der Waals surface area contributed by atoms with E-state index in [-0.39, 0.29) is 30.2 Å². The topological polar surface area (TPSA) is 89.9 Å². The fourth-order valence-electron chi connectivity index (χ4n) is 2.35. The summed E-state index contributed by atoms with van der Waals surface area (Å²) in [5, 5.41) is 9.54.